The van der Waals surface area contributed by atoms with E-state index >= 15 is 0 Å². The molecule has 0 bridgehead atoms. The fraction of sp³-hybridized carbons (Fsp3) is 0.200. The van der Waals surface area contributed by atoms with Crippen LogP contribution in [0, 0.1) is 0 Å². The molecule has 1 saturated carbocycles. The first kappa shape index (κ1) is 26.5. The molecule has 3 aromatic heterocycles. The predicted molar refractivity (Wildman–Crippen MR) is 162 cm³/mol. The van der Waals surface area contributed by atoms with Gasteiger partial charge in [-0.25, -0.2) is 15.0 Å². The van der Waals surface area contributed by atoms with Crippen molar-refractivity contribution in [2.24, 2.45) is 16.7 Å². The third-order valence-electron chi connectivity index (χ3n) is 7.50. The van der Waals surface area contributed by atoms with Crippen LogP contribution >= 0.6 is 22.6 Å². The fourth-order valence-corrected chi connectivity index (χ4v) is 6.30. The second-order valence-corrected chi connectivity index (χ2v) is 11.5. The maximum atomic E-state index is 10.3. The second kappa shape index (κ2) is 10.4. The van der Waals surface area contributed by atoms with Crippen LogP contribution in [0.3, 0.4) is 0 Å². The Morgan fingerprint density at radius 2 is 1.68 bits per heavy atom. The van der Waals surface area contributed by atoms with Gasteiger partial charge in [-0.1, -0.05) is 54.6 Å². The molecule has 1 aliphatic rings. The van der Waals surface area contributed by atoms with Gasteiger partial charge < -0.3 is 26.4 Å². The van der Waals surface area contributed by atoms with E-state index in [0.29, 0.717) is 24.2 Å². The van der Waals surface area contributed by atoms with Gasteiger partial charge in [0, 0.05) is 53.5 Å². The molecule has 40 heavy (non-hydrogen) atoms. The summed E-state index contributed by atoms with van der Waals surface area (Å²) in [6.45, 7) is -0.292. The molecule has 6 rings (SSSR count). The van der Waals surface area contributed by atoms with E-state index in [1.807, 2.05) is 59.3 Å². The lowest BCUT2D eigenvalue weighted by atomic mass is 9.62. The zero-order valence-corrected chi connectivity index (χ0v) is 23.7. The number of benzene rings is 2. The molecule has 1 fully saturated rings. The molecule has 0 radical (unpaired) electrons. The van der Waals surface area contributed by atoms with Crippen LogP contribution in [0.25, 0.3) is 33.3 Å². The van der Waals surface area contributed by atoms with Crippen molar-refractivity contribution in [3.8, 4) is 22.4 Å². The van der Waals surface area contributed by atoms with Crippen LogP contribution in [-0.2, 0) is 5.54 Å². The van der Waals surface area contributed by atoms with Gasteiger partial charge in [0.15, 0.2) is 11.3 Å². The summed E-state index contributed by atoms with van der Waals surface area (Å²) in [5, 5.41) is 24.7. The highest BCUT2D eigenvalue weighted by atomic mass is 127. The summed E-state index contributed by atoms with van der Waals surface area (Å²) in [5.74, 6) is 6.61. The van der Waals surface area contributed by atoms with Crippen LogP contribution in [0.4, 0.5) is 0 Å². The van der Waals surface area contributed by atoms with Gasteiger partial charge >= 0.3 is 0 Å². The van der Waals surface area contributed by atoms with Gasteiger partial charge in [0.1, 0.15) is 4.05 Å². The Hall–Kier alpha value is -3.71. The molecule has 0 aliphatic heterocycles. The average Bonchev–Trinajstić information content (AvgIpc) is 2.99. The molecular weight excluding hydrogens is 617 g/mol. The van der Waals surface area contributed by atoms with E-state index in [1.165, 1.54) is 0 Å². The standard InChI is InChI=1S/C30H28IN7O2/c31-26(27-34-12-4-13-35-27)38-14-11-24-23(28(38)37-33)15-22(19-5-2-1-3-6-19)25(36-24)20-7-9-21(10-8-20)30(32)16-29(40,17-30)18-39/h1-15,26,39-40H,16-18,32-33H2/b37-28-. The van der Waals surface area contributed by atoms with Gasteiger partial charge in [0.2, 0.25) is 0 Å². The number of fused-ring (bicyclic) bond motifs is 1. The quantitative estimate of drug-likeness (QED) is 0.0955. The summed E-state index contributed by atoms with van der Waals surface area (Å²) in [4.78, 5) is 13.9. The van der Waals surface area contributed by atoms with Gasteiger partial charge in [-0.2, -0.15) is 5.10 Å². The first-order chi connectivity index (χ1) is 19.3. The molecule has 202 valence electrons. The first-order valence-corrected chi connectivity index (χ1v) is 14.1. The predicted octanol–water partition coefficient (Wildman–Crippen LogP) is 3.59. The van der Waals surface area contributed by atoms with E-state index in [2.05, 4.69) is 55.9 Å². The Bertz CT molecular complexity index is 1740. The van der Waals surface area contributed by atoms with Crippen molar-refractivity contribution in [3.05, 3.63) is 108 Å². The zero-order valence-electron chi connectivity index (χ0n) is 21.5. The summed E-state index contributed by atoms with van der Waals surface area (Å²) in [5.41, 5.74) is 10.7. The molecule has 3 heterocycles. The first-order valence-electron chi connectivity index (χ1n) is 12.8. The van der Waals surface area contributed by atoms with Crippen LogP contribution in [0.2, 0.25) is 0 Å². The molecule has 1 aliphatic carbocycles. The summed E-state index contributed by atoms with van der Waals surface area (Å²) < 4.78 is 1.72. The van der Waals surface area contributed by atoms with Crippen molar-refractivity contribution < 1.29 is 10.2 Å². The normalized spacial score (nSPS) is 21.8. The third-order valence-corrected chi connectivity index (χ3v) is 8.65. The Kier molecular flexibility index (Phi) is 6.87. The number of nitrogens with zero attached hydrogens (tertiary/aromatic N) is 5. The van der Waals surface area contributed by atoms with Crippen LogP contribution < -0.4 is 17.1 Å². The number of aliphatic hydroxyl groups is 2. The Labute approximate surface area is 244 Å². The molecule has 5 aromatic rings. The second-order valence-electron chi connectivity index (χ2n) is 10.3. The monoisotopic (exact) mass is 645 g/mol. The Morgan fingerprint density at radius 3 is 2.33 bits per heavy atom. The number of rotatable bonds is 6. The average molecular weight is 646 g/mol. The maximum Gasteiger partial charge on any atom is 0.162 e. The molecule has 6 N–H and O–H groups in total. The smallest absolute Gasteiger partial charge is 0.162 e. The lowest BCUT2D eigenvalue weighted by Gasteiger charge is -2.50. The number of aromatic nitrogens is 4. The van der Waals surface area contributed by atoms with Gasteiger partial charge in [-0.3, -0.25) is 0 Å². The van der Waals surface area contributed by atoms with Crippen LogP contribution in [0.5, 0.6) is 0 Å². The Morgan fingerprint density at radius 1 is 0.975 bits per heavy atom. The largest absolute Gasteiger partial charge is 0.393 e. The van der Waals surface area contributed by atoms with E-state index in [4.69, 9.17) is 16.6 Å². The van der Waals surface area contributed by atoms with Crippen LogP contribution in [0.15, 0.2) is 96.5 Å². The molecule has 2 aromatic carbocycles. The van der Waals surface area contributed by atoms with E-state index in [0.717, 1.165) is 38.9 Å². The van der Waals surface area contributed by atoms with Crippen molar-refractivity contribution in [3.63, 3.8) is 0 Å². The number of nitrogens with two attached hydrogens (primary N) is 2. The fourth-order valence-electron chi connectivity index (χ4n) is 5.53. The minimum absolute atomic E-state index is 0.225. The topological polar surface area (TPSA) is 148 Å². The molecule has 0 amide bonds. The SMILES string of the molecule is N/N=c1/c2cc(-c3ccccc3)c(-c3ccc(C4(N)CC(O)(CO)C4)cc3)nc2ccn1C(I)c1ncccn1. The highest BCUT2D eigenvalue weighted by molar-refractivity contribution is 14.1. The number of hydrogen-bond donors (Lipinski definition) is 4. The molecule has 10 heteroatoms. The van der Waals surface area contributed by atoms with Crippen molar-refractivity contribution >= 4 is 33.5 Å². The maximum absolute atomic E-state index is 10.3. The summed E-state index contributed by atoms with van der Waals surface area (Å²) in [7, 11) is 0. The van der Waals surface area contributed by atoms with E-state index in [9.17, 15) is 10.2 Å². The number of alkyl halides is 1. The van der Waals surface area contributed by atoms with Crippen molar-refractivity contribution in [1.29, 1.82) is 0 Å². The van der Waals surface area contributed by atoms with Gasteiger partial charge in [-0.05, 0) is 51.9 Å². The molecule has 1 atom stereocenters. The molecule has 0 saturated heterocycles. The number of pyridine rings is 2. The number of halogens is 1. The minimum Gasteiger partial charge on any atom is -0.393 e. The summed E-state index contributed by atoms with van der Waals surface area (Å²) >= 11 is 2.28. The minimum atomic E-state index is -1.11. The van der Waals surface area contributed by atoms with Crippen LogP contribution in [-0.4, -0.2) is 41.9 Å². The highest BCUT2D eigenvalue weighted by Crippen LogP contribution is 2.46. The molecule has 9 nitrogen and oxygen atoms in total. The number of aliphatic hydroxyl groups excluding tert-OH is 1. The lowest BCUT2D eigenvalue weighted by Crippen LogP contribution is -2.61. The number of hydrogen-bond acceptors (Lipinski definition) is 8. The lowest BCUT2D eigenvalue weighted by molar-refractivity contribution is -0.120. The van der Waals surface area contributed by atoms with E-state index in [-0.39, 0.29) is 10.7 Å². The zero-order chi connectivity index (χ0) is 27.9. The van der Waals surface area contributed by atoms with Gasteiger partial charge in [-0.15, -0.1) is 0 Å². The van der Waals surface area contributed by atoms with Crippen molar-refractivity contribution in [2.75, 3.05) is 6.61 Å². The summed E-state index contributed by atoms with van der Waals surface area (Å²) in [6, 6.07) is 23.9. The third kappa shape index (κ3) is 4.66. The molecule has 0 spiro atoms. The van der Waals surface area contributed by atoms with Crippen molar-refractivity contribution in [2.45, 2.75) is 28.0 Å². The van der Waals surface area contributed by atoms with Gasteiger partial charge in [0.25, 0.3) is 0 Å². The highest BCUT2D eigenvalue weighted by Gasteiger charge is 2.52. The van der Waals surface area contributed by atoms with E-state index < -0.39 is 11.1 Å². The molecular formula is C30H28IN7O2. The van der Waals surface area contributed by atoms with Crippen LogP contribution in [0.1, 0.15) is 28.3 Å². The molecule has 1 unspecified atom stereocenters. The van der Waals surface area contributed by atoms with Crippen molar-refractivity contribution in [1.82, 2.24) is 19.5 Å². The Balaban J connectivity index is 1.48. The summed E-state index contributed by atoms with van der Waals surface area (Å²) in [6.07, 6.45) is 5.96. The van der Waals surface area contributed by atoms with Gasteiger partial charge in [0.05, 0.1) is 23.4 Å². The van der Waals surface area contributed by atoms with E-state index in [1.54, 1.807) is 18.5 Å².